The predicted octanol–water partition coefficient (Wildman–Crippen LogP) is 7.40. The van der Waals surface area contributed by atoms with Crippen molar-refractivity contribution in [2.75, 3.05) is 13.1 Å². The molecule has 0 spiro atoms. The van der Waals surface area contributed by atoms with Crippen LogP contribution in [0, 0.1) is 13.8 Å². The molecule has 7 heteroatoms. The second kappa shape index (κ2) is 12.2. The predicted molar refractivity (Wildman–Crippen MR) is 185 cm³/mol. The molecule has 2 fully saturated rings. The van der Waals surface area contributed by atoms with Crippen LogP contribution in [0.25, 0.3) is 27.8 Å². The smallest absolute Gasteiger partial charge is 0.233 e. The van der Waals surface area contributed by atoms with Crippen LogP contribution in [-0.2, 0) is 16.6 Å². The summed E-state index contributed by atoms with van der Waals surface area (Å²) in [6.07, 6.45) is 9.02. The van der Waals surface area contributed by atoms with E-state index in [0.29, 0.717) is 12.1 Å². The van der Waals surface area contributed by atoms with E-state index in [9.17, 15) is 4.79 Å². The summed E-state index contributed by atoms with van der Waals surface area (Å²) in [6, 6.07) is 22.9. The Labute approximate surface area is 272 Å². The van der Waals surface area contributed by atoms with E-state index in [1.807, 2.05) is 4.57 Å². The zero-order valence-electron chi connectivity index (χ0n) is 27.8. The Balaban J connectivity index is 1.15. The molecule has 7 rings (SSSR count). The summed E-state index contributed by atoms with van der Waals surface area (Å²) in [7, 11) is 0. The molecular formula is C39H46N6O. The molecule has 238 valence electrons. The van der Waals surface area contributed by atoms with E-state index in [4.69, 9.17) is 0 Å². The molecule has 3 aromatic carbocycles. The lowest BCUT2D eigenvalue weighted by Crippen LogP contribution is -2.45. The topological polar surface area (TPSA) is 78.8 Å². The first-order chi connectivity index (χ1) is 22.2. The van der Waals surface area contributed by atoms with Crippen molar-refractivity contribution >= 4 is 16.8 Å². The van der Waals surface area contributed by atoms with Crippen LogP contribution in [0.15, 0.2) is 73.3 Å². The molecule has 7 nitrogen and oxygen atoms in total. The highest BCUT2D eigenvalue weighted by atomic mass is 16.2. The fourth-order valence-corrected chi connectivity index (χ4v) is 7.97. The summed E-state index contributed by atoms with van der Waals surface area (Å²) < 4.78 is 1.91. The summed E-state index contributed by atoms with van der Waals surface area (Å²) in [6.45, 7) is 12.6. The summed E-state index contributed by atoms with van der Waals surface area (Å²) in [4.78, 5) is 20.1. The van der Waals surface area contributed by atoms with Gasteiger partial charge in [0.15, 0.2) is 0 Å². The third-order valence-corrected chi connectivity index (χ3v) is 10.5. The zero-order chi connectivity index (χ0) is 32.0. The van der Waals surface area contributed by atoms with E-state index in [2.05, 4.69) is 121 Å². The van der Waals surface area contributed by atoms with Gasteiger partial charge in [0.25, 0.3) is 0 Å². The van der Waals surface area contributed by atoms with E-state index >= 15 is 0 Å². The number of fused-ring (bicyclic) bond motifs is 3. The van der Waals surface area contributed by atoms with Gasteiger partial charge in [-0.15, -0.1) is 10.2 Å². The summed E-state index contributed by atoms with van der Waals surface area (Å²) in [5.41, 5.74) is 10.2. The van der Waals surface area contributed by atoms with Crippen LogP contribution in [0.3, 0.4) is 0 Å². The van der Waals surface area contributed by atoms with E-state index < -0.39 is 5.41 Å². The Kier molecular flexibility index (Phi) is 8.05. The molecule has 4 heterocycles. The van der Waals surface area contributed by atoms with Crippen molar-refractivity contribution in [2.45, 2.75) is 90.1 Å². The number of amides is 1. The highest BCUT2D eigenvalue weighted by molar-refractivity contribution is 5.95. The fraction of sp³-hybridized carbons (Fsp3) is 0.410. The normalized spacial score (nSPS) is 18.5. The molecule has 1 amide bonds. The summed E-state index contributed by atoms with van der Waals surface area (Å²) in [5, 5.41) is 12.8. The lowest BCUT2D eigenvalue weighted by molar-refractivity contribution is -0.137. The second-order valence-electron chi connectivity index (χ2n) is 14.2. The minimum atomic E-state index is -0.584. The SMILES string of the molecule is Cc1cc(C)cc(-c2[nH]c3ccc(C(C)(C)C(=O)N4C5CCC4CC5)cc3c2[C@H](C)CNCCc2ccc(-n3cnnc3)cc2)c1. The maximum absolute atomic E-state index is 14.1. The number of aromatic amines is 1. The number of H-pyrrole nitrogens is 1. The highest BCUT2D eigenvalue weighted by Gasteiger charge is 2.47. The van der Waals surface area contributed by atoms with Gasteiger partial charge in [-0.3, -0.25) is 9.36 Å². The highest BCUT2D eigenvalue weighted by Crippen LogP contribution is 2.42. The number of nitrogens with one attached hydrogen (secondary N) is 2. The number of benzene rings is 3. The quantitative estimate of drug-likeness (QED) is 0.161. The largest absolute Gasteiger partial charge is 0.354 e. The van der Waals surface area contributed by atoms with Gasteiger partial charge in [-0.2, -0.15) is 0 Å². The third-order valence-electron chi connectivity index (χ3n) is 10.5. The third kappa shape index (κ3) is 5.66. The van der Waals surface area contributed by atoms with Crippen LogP contribution < -0.4 is 5.32 Å². The van der Waals surface area contributed by atoms with Crippen LogP contribution in [0.4, 0.5) is 0 Å². The molecule has 5 aromatic rings. The van der Waals surface area contributed by atoms with Gasteiger partial charge >= 0.3 is 0 Å². The molecule has 0 aliphatic carbocycles. The molecule has 2 N–H and O–H groups in total. The van der Waals surface area contributed by atoms with Gasteiger partial charge in [0.05, 0.1) is 11.1 Å². The minimum Gasteiger partial charge on any atom is -0.354 e. The molecule has 2 saturated heterocycles. The Bertz CT molecular complexity index is 1810. The minimum absolute atomic E-state index is 0.254. The number of rotatable bonds is 10. The van der Waals surface area contributed by atoms with Crippen molar-refractivity contribution in [1.82, 2.24) is 30.0 Å². The van der Waals surface area contributed by atoms with Crippen molar-refractivity contribution < 1.29 is 4.79 Å². The maximum Gasteiger partial charge on any atom is 0.233 e. The average Bonchev–Trinajstić information content (AvgIpc) is 3.86. The number of aromatic nitrogens is 4. The van der Waals surface area contributed by atoms with Crippen LogP contribution in [0.2, 0.25) is 0 Å². The van der Waals surface area contributed by atoms with Crippen LogP contribution >= 0.6 is 0 Å². The van der Waals surface area contributed by atoms with Crippen LogP contribution in [0.5, 0.6) is 0 Å². The molecule has 2 aliphatic heterocycles. The number of hydrogen-bond acceptors (Lipinski definition) is 4. The van der Waals surface area contributed by atoms with E-state index in [0.717, 1.165) is 62.0 Å². The molecule has 1 atom stereocenters. The Hall–Kier alpha value is -4.23. The standard InChI is InChI=1S/C39H46N6O/c1-25-18-26(2)20-29(19-25)37-36(27(3)22-40-17-16-28-6-9-31(10-7-28)44-23-41-42-24-44)34-21-30(8-15-35(34)43-37)39(4,5)38(46)45-32-11-12-33(45)14-13-32/h6-10,15,18-21,23-24,27,32-33,40,43H,11-14,16-17,22H2,1-5H3/t27-,32?,33?/m1/s1. The molecule has 2 aromatic heterocycles. The maximum atomic E-state index is 14.1. The Morgan fingerprint density at radius 2 is 1.59 bits per heavy atom. The average molecular weight is 615 g/mol. The number of carbonyl (C=O) groups excluding carboxylic acids is 1. The molecule has 2 aliphatic rings. The van der Waals surface area contributed by atoms with Gasteiger partial charge in [-0.25, -0.2) is 0 Å². The first-order valence-corrected chi connectivity index (χ1v) is 16.9. The first-order valence-electron chi connectivity index (χ1n) is 16.9. The second-order valence-corrected chi connectivity index (χ2v) is 14.2. The molecule has 0 unspecified atom stereocenters. The Morgan fingerprint density at radius 3 is 2.24 bits per heavy atom. The van der Waals surface area contributed by atoms with E-state index in [1.165, 1.54) is 38.9 Å². The van der Waals surface area contributed by atoms with E-state index in [1.54, 1.807) is 12.7 Å². The molecular weight excluding hydrogens is 568 g/mol. The monoisotopic (exact) mass is 614 g/mol. The summed E-state index contributed by atoms with van der Waals surface area (Å²) in [5.74, 6) is 0.539. The van der Waals surface area contributed by atoms with Crippen molar-refractivity contribution in [2.24, 2.45) is 0 Å². The van der Waals surface area contributed by atoms with Gasteiger partial charge in [0, 0.05) is 35.2 Å². The van der Waals surface area contributed by atoms with Crippen LogP contribution in [-0.4, -0.2) is 55.7 Å². The van der Waals surface area contributed by atoms with Gasteiger partial charge in [0.2, 0.25) is 5.91 Å². The lowest BCUT2D eigenvalue weighted by Gasteiger charge is -2.33. The first kappa shape index (κ1) is 30.4. The van der Waals surface area contributed by atoms with Gasteiger partial charge < -0.3 is 15.2 Å². The molecule has 0 saturated carbocycles. The number of carbonyl (C=O) groups is 1. The number of hydrogen-bond donors (Lipinski definition) is 2. The molecule has 46 heavy (non-hydrogen) atoms. The van der Waals surface area contributed by atoms with Crippen molar-refractivity contribution in [3.8, 4) is 16.9 Å². The van der Waals surface area contributed by atoms with Gasteiger partial charge in [-0.05, 0) is 131 Å². The molecule has 2 bridgehead atoms. The van der Waals surface area contributed by atoms with Crippen molar-refractivity contribution in [1.29, 1.82) is 0 Å². The number of aryl methyl sites for hydroxylation is 2. The summed E-state index contributed by atoms with van der Waals surface area (Å²) >= 11 is 0. The van der Waals surface area contributed by atoms with Crippen LogP contribution in [0.1, 0.15) is 80.2 Å². The van der Waals surface area contributed by atoms with E-state index in [-0.39, 0.29) is 11.8 Å². The Morgan fingerprint density at radius 1 is 0.935 bits per heavy atom. The molecule has 0 radical (unpaired) electrons. The lowest BCUT2D eigenvalue weighted by atomic mass is 9.81. The fourth-order valence-electron chi connectivity index (χ4n) is 7.97. The van der Waals surface area contributed by atoms with Gasteiger partial charge in [-0.1, -0.05) is 42.3 Å². The number of nitrogens with zero attached hydrogens (tertiary/aromatic N) is 4. The van der Waals surface area contributed by atoms with Gasteiger partial charge in [0.1, 0.15) is 12.7 Å². The van der Waals surface area contributed by atoms with Crippen molar-refractivity contribution in [3.63, 3.8) is 0 Å². The van der Waals surface area contributed by atoms with Crippen molar-refractivity contribution in [3.05, 3.63) is 101 Å². The zero-order valence-corrected chi connectivity index (χ0v) is 27.8.